The van der Waals surface area contributed by atoms with E-state index in [1.807, 2.05) is 31.2 Å². The Hall–Kier alpha value is -2.33. The Labute approximate surface area is 146 Å². The van der Waals surface area contributed by atoms with Gasteiger partial charge in [-0.3, -0.25) is 10.4 Å². The smallest absolute Gasteiger partial charge is 0.143 e. The zero-order chi connectivity index (χ0) is 17.1. The number of benzene rings is 2. The van der Waals surface area contributed by atoms with Crippen LogP contribution in [0.2, 0.25) is 5.02 Å². The molecule has 0 saturated carbocycles. The second-order valence-corrected chi connectivity index (χ2v) is 6.44. The zero-order valence-corrected chi connectivity index (χ0v) is 14.3. The van der Waals surface area contributed by atoms with Gasteiger partial charge in [0.2, 0.25) is 0 Å². The summed E-state index contributed by atoms with van der Waals surface area (Å²) in [6.45, 7) is 2.69. The van der Waals surface area contributed by atoms with Crippen molar-refractivity contribution in [3.05, 3.63) is 64.7 Å². The average molecular weight is 342 g/mol. The summed E-state index contributed by atoms with van der Waals surface area (Å²) >= 11 is 6.00. The predicted molar refractivity (Wildman–Crippen MR) is 98.0 cm³/mol. The number of rotatable bonds is 4. The maximum atomic E-state index is 10.2. The van der Waals surface area contributed by atoms with E-state index in [9.17, 15) is 5.11 Å². The number of para-hydroxylation sites is 1. The number of amidine groups is 1. The van der Waals surface area contributed by atoms with E-state index in [0.717, 1.165) is 12.1 Å². The van der Waals surface area contributed by atoms with Gasteiger partial charge in [-0.2, -0.15) is 5.10 Å². The molecule has 5 heteroatoms. The van der Waals surface area contributed by atoms with Gasteiger partial charge in [0.1, 0.15) is 11.6 Å². The first kappa shape index (κ1) is 16.5. The fraction of sp³-hybridized carbons (Fsp3) is 0.263. The normalized spacial score (nSPS) is 17.0. The summed E-state index contributed by atoms with van der Waals surface area (Å²) in [7, 11) is 0. The molecular weight excluding hydrogens is 322 g/mol. The summed E-state index contributed by atoms with van der Waals surface area (Å²) in [5, 5.41) is 25.1. The first-order valence-corrected chi connectivity index (χ1v) is 8.39. The molecule has 0 spiro atoms. The van der Waals surface area contributed by atoms with Gasteiger partial charge in [-0.25, -0.2) is 0 Å². The minimum absolute atomic E-state index is 0.0578. The number of halogens is 1. The lowest BCUT2D eigenvalue weighted by atomic mass is 9.98. The van der Waals surface area contributed by atoms with Gasteiger partial charge in [-0.05, 0) is 24.1 Å². The van der Waals surface area contributed by atoms with Crippen LogP contribution in [0, 0.1) is 11.3 Å². The number of nitrogens with zero attached hydrogens (tertiary/aromatic N) is 2. The molecule has 0 radical (unpaired) electrons. The summed E-state index contributed by atoms with van der Waals surface area (Å²) in [5.74, 6) is 0.677. The molecule has 4 nitrogen and oxygen atoms in total. The Kier molecular flexibility index (Phi) is 4.86. The average Bonchev–Trinajstić information content (AvgIpc) is 2.98. The molecule has 24 heavy (non-hydrogen) atoms. The molecule has 1 atom stereocenters. The Morgan fingerprint density at radius 3 is 2.75 bits per heavy atom. The molecule has 0 saturated heterocycles. The first-order chi connectivity index (χ1) is 11.6. The summed E-state index contributed by atoms with van der Waals surface area (Å²) in [6.07, 6.45) is 1.45. The highest BCUT2D eigenvalue weighted by molar-refractivity contribution is 6.32. The highest BCUT2D eigenvalue weighted by Crippen LogP contribution is 2.31. The monoisotopic (exact) mass is 341 g/mol. The molecular formula is C19H20ClN3O. The molecule has 2 aromatic rings. The van der Waals surface area contributed by atoms with Gasteiger partial charge in [0.05, 0.1) is 17.3 Å². The topological polar surface area (TPSA) is 59.7 Å². The van der Waals surface area contributed by atoms with Crippen LogP contribution in [0.4, 0.5) is 0 Å². The molecule has 0 aromatic heterocycles. The standard InChI is InChI=1S/C19H20ClN3O/c1-13-12-23(17(21)11-10-14-6-3-2-4-7-14)22-18(13)15-8-5-9-16(20)19(15)24/h2-9,13,21,24H,10-12H2,1H3. The predicted octanol–water partition coefficient (Wildman–Crippen LogP) is 4.31. The molecule has 0 aliphatic carbocycles. The van der Waals surface area contributed by atoms with Gasteiger partial charge in [0.25, 0.3) is 0 Å². The van der Waals surface area contributed by atoms with Crippen molar-refractivity contribution in [1.82, 2.24) is 5.01 Å². The van der Waals surface area contributed by atoms with E-state index in [-0.39, 0.29) is 11.7 Å². The van der Waals surface area contributed by atoms with Crippen LogP contribution in [-0.2, 0) is 6.42 Å². The fourth-order valence-corrected chi connectivity index (χ4v) is 3.04. The van der Waals surface area contributed by atoms with Gasteiger partial charge < -0.3 is 5.11 Å². The van der Waals surface area contributed by atoms with E-state index in [2.05, 4.69) is 17.2 Å². The molecule has 1 aliphatic heterocycles. The zero-order valence-electron chi connectivity index (χ0n) is 13.5. The Morgan fingerprint density at radius 2 is 2.00 bits per heavy atom. The molecule has 0 fully saturated rings. The highest BCUT2D eigenvalue weighted by Gasteiger charge is 2.28. The number of hydrogen-bond donors (Lipinski definition) is 2. The summed E-state index contributed by atoms with van der Waals surface area (Å²) in [6, 6.07) is 15.4. The summed E-state index contributed by atoms with van der Waals surface area (Å²) in [4.78, 5) is 0. The van der Waals surface area contributed by atoms with Crippen LogP contribution in [0.1, 0.15) is 24.5 Å². The molecule has 1 unspecified atom stereocenters. The highest BCUT2D eigenvalue weighted by atomic mass is 35.5. The lowest BCUT2D eigenvalue weighted by molar-refractivity contribution is 0.443. The van der Waals surface area contributed by atoms with Crippen LogP contribution in [0.3, 0.4) is 0 Å². The third-order valence-corrected chi connectivity index (χ3v) is 4.51. The number of phenolic OH excluding ortho intramolecular Hbond substituents is 1. The van der Waals surface area contributed by atoms with Gasteiger partial charge in [0.15, 0.2) is 0 Å². The van der Waals surface area contributed by atoms with Gasteiger partial charge >= 0.3 is 0 Å². The Balaban J connectivity index is 1.72. The van der Waals surface area contributed by atoms with Crippen molar-refractivity contribution in [3.63, 3.8) is 0 Å². The van der Waals surface area contributed by atoms with E-state index in [1.54, 1.807) is 17.1 Å². The molecule has 3 rings (SSSR count). The first-order valence-electron chi connectivity index (χ1n) is 8.01. The number of hydrazone groups is 1. The molecule has 2 aromatic carbocycles. The van der Waals surface area contributed by atoms with Crippen molar-refractivity contribution in [1.29, 1.82) is 5.41 Å². The van der Waals surface area contributed by atoms with Gasteiger partial charge in [-0.1, -0.05) is 54.9 Å². The van der Waals surface area contributed by atoms with E-state index in [1.165, 1.54) is 5.56 Å². The second kappa shape index (κ2) is 7.05. The quantitative estimate of drug-likeness (QED) is 0.643. The van der Waals surface area contributed by atoms with Crippen molar-refractivity contribution < 1.29 is 5.11 Å². The van der Waals surface area contributed by atoms with Crippen LogP contribution in [0.15, 0.2) is 53.6 Å². The van der Waals surface area contributed by atoms with E-state index in [4.69, 9.17) is 17.0 Å². The summed E-state index contributed by atoms with van der Waals surface area (Å²) in [5.41, 5.74) is 2.64. The number of aryl methyl sites for hydroxylation is 1. The van der Waals surface area contributed by atoms with Crippen molar-refractivity contribution in [2.45, 2.75) is 19.8 Å². The van der Waals surface area contributed by atoms with Gasteiger partial charge in [0, 0.05) is 17.9 Å². The van der Waals surface area contributed by atoms with E-state index >= 15 is 0 Å². The van der Waals surface area contributed by atoms with Crippen molar-refractivity contribution in [3.8, 4) is 5.75 Å². The van der Waals surface area contributed by atoms with Crippen LogP contribution in [0.25, 0.3) is 0 Å². The molecule has 124 valence electrons. The fourth-order valence-electron chi connectivity index (χ4n) is 2.86. The molecule has 0 amide bonds. The molecule has 0 bridgehead atoms. The Morgan fingerprint density at radius 1 is 1.25 bits per heavy atom. The maximum Gasteiger partial charge on any atom is 0.143 e. The Bertz CT molecular complexity index is 773. The number of phenols is 1. The SMILES string of the molecule is CC1CN(C(=N)CCc2ccccc2)N=C1c1cccc(Cl)c1O. The number of aromatic hydroxyl groups is 1. The van der Waals surface area contributed by atoms with Crippen LogP contribution < -0.4 is 0 Å². The maximum absolute atomic E-state index is 10.2. The third kappa shape index (κ3) is 3.44. The van der Waals surface area contributed by atoms with Crippen molar-refractivity contribution in [2.75, 3.05) is 6.54 Å². The van der Waals surface area contributed by atoms with E-state index < -0.39 is 0 Å². The van der Waals surface area contributed by atoms with Crippen LogP contribution >= 0.6 is 11.6 Å². The third-order valence-electron chi connectivity index (χ3n) is 4.21. The van der Waals surface area contributed by atoms with Gasteiger partial charge in [-0.15, -0.1) is 0 Å². The summed E-state index contributed by atoms with van der Waals surface area (Å²) < 4.78 is 0. The van der Waals surface area contributed by atoms with E-state index in [0.29, 0.717) is 29.4 Å². The minimum atomic E-state index is 0.0578. The second-order valence-electron chi connectivity index (χ2n) is 6.04. The lowest BCUT2D eigenvalue weighted by Crippen LogP contribution is -2.25. The molecule has 2 N–H and O–H groups in total. The van der Waals surface area contributed by atoms with Crippen molar-refractivity contribution >= 4 is 23.1 Å². The lowest BCUT2D eigenvalue weighted by Gasteiger charge is -2.15. The molecule has 1 aliphatic rings. The van der Waals surface area contributed by atoms with Crippen molar-refractivity contribution in [2.24, 2.45) is 11.0 Å². The number of nitrogens with one attached hydrogen (secondary N) is 1. The number of hydrogen-bond acceptors (Lipinski definition) is 3. The van der Waals surface area contributed by atoms with Crippen LogP contribution in [0.5, 0.6) is 5.75 Å². The molecule has 1 heterocycles. The minimum Gasteiger partial charge on any atom is -0.506 e. The van der Waals surface area contributed by atoms with Crippen LogP contribution in [-0.4, -0.2) is 28.2 Å². The largest absolute Gasteiger partial charge is 0.506 e.